The van der Waals surface area contributed by atoms with Crippen LogP contribution in [0.4, 0.5) is 5.69 Å². The minimum atomic E-state index is -0.0406. The summed E-state index contributed by atoms with van der Waals surface area (Å²) in [6.45, 7) is 1.75. The Morgan fingerprint density at radius 3 is 1.98 bits per heavy atom. The number of likely N-dealkylation sites (N-methyl/N-ethyl adjacent to an activating group) is 2. The Bertz CT molecular complexity index is 2110. The van der Waals surface area contributed by atoms with Crippen molar-refractivity contribution in [2.45, 2.75) is 25.3 Å². The maximum Gasteiger partial charge on any atom is 0.169 e. The molecule has 2 heterocycles. The number of phenolic OH excluding ortho intramolecular Hbond substituents is 1. The molecule has 0 unspecified atom stereocenters. The van der Waals surface area contributed by atoms with Crippen LogP contribution in [0, 0.1) is 0 Å². The zero-order chi connectivity index (χ0) is 35.3. The van der Waals surface area contributed by atoms with Crippen LogP contribution in [0.2, 0.25) is 0 Å². The van der Waals surface area contributed by atoms with E-state index in [0.29, 0.717) is 52.4 Å². The first kappa shape index (κ1) is 33.3. The van der Waals surface area contributed by atoms with E-state index in [-0.39, 0.29) is 11.8 Å². The Balaban J connectivity index is 1.38. The molecule has 0 radical (unpaired) electrons. The van der Waals surface area contributed by atoms with Gasteiger partial charge in [-0.1, -0.05) is 0 Å². The highest BCUT2D eigenvalue weighted by Gasteiger charge is 2.30. The molecule has 10 nitrogen and oxygen atoms in total. The van der Waals surface area contributed by atoms with E-state index in [0.717, 1.165) is 69.9 Å². The van der Waals surface area contributed by atoms with Crippen LogP contribution in [0.15, 0.2) is 48.5 Å². The van der Waals surface area contributed by atoms with E-state index in [4.69, 9.17) is 33.2 Å². The molecule has 0 saturated carbocycles. The molecule has 0 fully saturated rings. The number of hydrogen-bond donors (Lipinski definition) is 1. The van der Waals surface area contributed by atoms with Crippen molar-refractivity contribution >= 4 is 27.2 Å². The quantitative estimate of drug-likeness (QED) is 0.152. The molecule has 0 bridgehead atoms. The first-order valence-electron chi connectivity index (χ1n) is 16.7. The van der Waals surface area contributed by atoms with Crippen molar-refractivity contribution in [3.05, 3.63) is 70.8 Å². The van der Waals surface area contributed by atoms with Gasteiger partial charge in [-0.2, -0.15) is 0 Å². The van der Waals surface area contributed by atoms with Crippen molar-refractivity contribution in [2.75, 3.05) is 74.7 Å². The number of phenols is 1. The van der Waals surface area contributed by atoms with Crippen molar-refractivity contribution in [3.8, 4) is 51.7 Å². The standard InChI is InChI=1S/C40H44N2O8/c1-41-11-9-22-15-32(44-3)30(43)19-26(22)28(41)14-25-18-33(45-4)35(47-6)21-31(25)50-36-17-24-13-29-38-23(10-12-42(29)2)16-37(48-7)40(49-8)39(38)27(24)20-34(36)46-5/h13,15-21,28,43H,9-12,14H2,1-8H3/t28-/m0/s1. The van der Waals surface area contributed by atoms with E-state index in [1.54, 1.807) is 42.7 Å². The molecular formula is C40H44N2O8. The maximum absolute atomic E-state index is 10.7. The molecule has 0 aromatic heterocycles. The highest BCUT2D eigenvalue weighted by atomic mass is 16.5. The topological polar surface area (TPSA) is 91.3 Å². The summed E-state index contributed by atoms with van der Waals surface area (Å²) in [7, 11) is 14.0. The van der Waals surface area contributed by atoms with Gasteiger partial charge in [-0.15, -0.1) is 0 Å². The third kappa shape index (κ3) is 5.48. The molecule has 2 aliphatic heterocycles. The minimum absolute atomic E-state index is 0.0406. The zero-order valence-corrected chi connectivity index (χ0v) is 29.9. The highest BCUT2D eigenvalue weighted by Crippen LogP contribution is 2.50. The predicted molar refractivity (Wildman–Crippen MR) is 195 cm³/mol. The van der Waals surface area contributed by atoms with Crippen LogP contribution in [0.25, 0.3) is 21.5 Å². The molecule has 1 atom stereocenters. The molecular weight excluding hydrogens is 636 g/mol. The second kappa shape index (κ2) is 13.2. The molecule has 0 spiro atoms. The average molecular weight is 681 g/mol. The number of rotatable bonds is 10. The first-order valence-corrected chi connectivity index (χ1v) is 16.7. The molecule has 5 aromatic rings. The number of aromatic hydroxyl groups is 1. The van der Waals surface area contributed by atoms with Crippen LogP contribution in [0.3, 0.4) is 0 Å². The molecule has 5 aromatic carbocycles. The normalized spacial score (nSPS) is 15.5. The Morgan fingerprint density at radius 2 is 1.28 bits per heavy atom. The van der Waals surface area contributed by atoms with Crippen LogP contribution >= 0.6 is 0 Å². The van der Waals surface area contributed by atoms with Gasteiger partial charge in [0, 0.05) is 54.3 Å². The molecule has 7 rings (SSSR count). The van der Waals surface area contributed by atoms with E-state index in [9.17, 15) is 5.11 Å². The van der Waals surface area contributed by atoms with Crippen molar-refractivity contribution in [1.82, 2.24) is 4.90 Å². The van der Waals surface area contributed by atoms with Crippen LogP contribution in [-0.4, -0.2) is 79.9 Å². The molecule has 0 amide bonds. The molecule has 50 heavy (non-hydrogen) atoms. The summed E-state index contributed by atoms with van der Waals surface area (Å²) >= 11 is 0. The van der Waals surface area contributed by atoms with Crippen molar-refractivity contribution in [2.24, 2.45) is 0 Å². The van der Waals surface area contributed by atoms with Gasteiger partial charge >= 0.3 is 0 Å². The monoisotopic (exact) mass is 680 g/mol. The second-order valence-electron chi connectivity index (χ2n) is 12.9. The molecule has 10 heteroatoms. The van der Waals surface area contributed by atoms with Crippen LogP contribution < -0.4 is 38.1 Å². The second-order valence-corrected chi connectivity index (χ2v) is 12.9. The van der Waals surface area contributed by atoms with Crippen molar-refractivity contribution < 1.29 is 38.3 Å². The van der Waals surface area contributed by atoms with Gasteiger partial charge in [0.05, 0.1) is 42.7 Å². The number of hydrogen-bond acceptors (Lipinski definition) is 10. The third-order valence-corrected chi connectivity index (χ3v) is 10.3. The van der Waals surface area contributed by atoms with E-state index >= 15 is 0 Å². The lowest BCUT2D eigenvalue weighted by Crippen LogP contribution is -2.33. The molecule has 0 saturated heterocycles. The summed E-state index contributed by atoms with van der Waals surface area (Å²) in [6.07, 6.45) is 2.34. The summed E-state index contributed by atoms with van der Waals surface area (Å²) < 4.78 is 41.6. The van der Waals surface area contributed by atoms with Gasteiger partial charge in [-0.25, -0.2) is 0 Å². The fraction of sp³-hybridized carbons (Fsp3) is 0.350. The van der Waals surface area contributed by atoms with Crippen molar-refractivity contribution in [3.63, 3.8) is 0 Å². The Hall–Kier alpha value is -5.22. The van der Waals surface area contributed by atoms with Gasteiger partial charge in [0.2, 0.25) is 0 Å². The number of benzene rings is 5. The summed E-state index contributed by atoms with van der Waals surface area (Å²) in [4.78, 5) is 4.58. The highest BCUT2D eigenvalue weighted by molar-refractivity contribution is 6.18. The lowest BCUT2D eigenvalue weighted by atomic mass is 9.88. The summed E-state index contributed by atoms with van der Waals surface area (Å²) in [5.41, 5.74) is 5.46. The van der Waals surface area contributed by atoms with Crippen molar-refractivity contribution in [1.29, 1.82) is 0 Å². The number of anilines is 1. The van der Waals surface area contributed by atoms with E-state index in [1.165, 1.54) is 5.56 Å². The predicted octanol–water partition coefficient (Wildman–Crippen LogP) is 7.31. The van der Waals surface area contributed by atoms with Gasteiger partial charge in [0.1, 0.15) is 5.75 Å². The summed E-state index contributed by atoms with van der Waals surface area (Å²) in [6, 6.07) is 15.9. The zero-order valence-electron chi connectivity index (χ0n) is 29.9. The lowest BCUT2D eigenvalue weighted by Gasteiger charge is -2.35. The van der Waals surface area contributed by atoms with Gasteiger partial charge in [0.25, 0.3) is 0 Å². The molecule has 1 N–H and O–H groups in total. The smallest absolute Gasteiger partial charge is 0.169 e. The Morgan fingerprint density at radius 1 is 0.620 bits per heavy atom. The van der Waals surface area contributed by atoms with Crippen LogP contribution in [-0.2, 0) is 19.3 Å². The van der Waals surface area contributed by atoms with E-state index in [2.05, 4.69) is 36.0 Å². The average Bonchev–Trinajstić information content (AvgIpc) is 3.13. The molecule has 262 valence electrons. The number of ether oxygens (including phenoxy) is 7. The number of fused-ring (bicyclic) bond motifs is 3. The number of nitrogens with zero attached hydrogens (tertiary/aromatic N) is 2. The van der Waals surface area contributed by atoms with Crippen LogP contribution in [0.1, 0.15) is 28.3 Å². The molecule has 0 aliphatic carbocycles. The third-order valence-electron chi connectivity index (χ3n) is 10.3. The minimum Gasteiger partial charge on any atom is -0.504 e. The fourth-order valence-electron chi connectivity index (χ4n) is 7.63. The van der Waals surface area contributed by atoms with Gasteiger partial charge in [0.15, 0.2) is 46.0 Å². The van der Waals surface area contributed by atoms with Gasteiger partial charge in [-0.05, 0) is 96.2 Å². The number of methoxy groups -OCH3 is 6. The van der Waals surface area contributed by atoms with E-state index in [1.807, 2.05) is 36.4 Å². The lowest BCUT2D eigenvalue weighted by molar-refractivity contribution is 0.226. The van der Waals surface area contributed by atoms with Crippen LogP contribution in [0.5, 0.6) is 51.7 Å². The SMILES string of the molecule is COc1cc2c(cc1O)[C@H](Cc1cc(OC)c(OC)cc1Oc1cc3cc4c5c(cc(OC)c(OC)c5c3cc1OC)CCN4C)N(C)CC2. The summed E-state index contributed by atoms with van der Waals surface area (Å²) in [5, 5.41) is 14.8. The Labute approximate surface area is 292 Å². The first-order chi connectivity index (χ1) is 24.2. The largest absolute Gasteiger partial charge is 0.504 e. The van der Waals surface area contributed by atoms with E-state index < -0.39 is 0 Å². The van der Waals surface area contributed by atoms with Gasteiger partial charge in [-0.3, -0.25) is 4.90 Å². The Kier molecular flexibility index (Phi) is 8.82. The maximum atomic E-state index is 10.7. The molecule has 2 aliphatic rings. The van der Waals surface area contributed by atoms with Gasteiger partial charge < -0.3 is 43.2 Å². The fourth-order valence-corrected chi connectivity index (χ4v) is 7.63. The summed E-state index contributed by atoms with van der Waals surface area (Å²) in [5.74, 6) is 4.87.